The van der Waals surface area contributed by atoms with Gasteiger partial charge in [-0.05, 0) is 62.7 Å². The zero-order valence-electron chi connectivity index (χ0n) is 17.6. The molecular formula is C23H22FN5OS. The van der Waals surface area contributed by atoms with Crippen LogP contribution in [0.1, 0.15) is 21.8 Å². The molecule has 4 aromatic rings. The van der Waals surface area contributed by atoms with Crippen molar-refractivity contribution in [3.63, 3.8) is 0 Å². The number of amides is 2. The number of rotatable bonds is 2. The van der Waals surface area contributed by atoms with E-state index in [1.807, 2.05) is 42.8 Å². The second-order valence-electron chi connectivity index (χ2n) is 7.87. The first-order chi connectivity index (χ1) is 14.9. The molecule has 0 radical (unpaired) electrons. The van der Waals surface area contributed by atoms with Gasteiger partial charge in [-0.1, -0.05) is 0 Å². The van der Waals surface area contributed by atoms with Gasteiger partial charge in [-0.25, -0.2) is 14.2 Å². The van der Waals surface area contributed by atoms with Crippen LogP contribution in [-0.2, 0) is 13.1 Å². The number of thiazole rings is 1. The van der Waals surface area contributed by atoms with Crippen LogP contribution >= 0.6 is 11.3 Å². The highest BCUT2D eigenvalue weighted by Crippen LogP contribution is 2.29. The van der Waals surface area contributed by atoms with Crippen molar-refractivity contribution in [1.29, 1.82) is 0 Å². The zero-order valence-corrected chi connectivity index (χ0v) is 18.4. The molecule has 158 valence electrons. The lowest BCUT2D eigenvalue weighted by atomic mass is 10.0. The predicted molar refractivity (Wildman–Crippen MR) is 121 cm³/mol. The Labute approximate surface area is 183 Å². The van der Waals surface area contributed by atoms with Crippen LogP contribution in [0.3, 0.4) is 0 Å². The lowest BCUT2D eigenvalue weighted by molar-refractivity contribution is 0.194. The molecular weight excluding hydrogens is 413 g/mol. The predicted octanol–water partition coefficient (Wildman–Crippen LogP) is 5.27. The summed E-state index contributed by atoms with van der Waals surface area (Å²) in [7, 11) is 0. The van der Waals surface area contributed by atoms with E-state index >= 15 is 0 Å². The summed E-state index contributed by atoms with van der Waals surface area (Å²) in [6.07, 6.45) is 0. The minimum atomic E-state index is -0.223. The molecule has 2 amide bonds. The van der Waals surface area contributed by atoms with Crippen molar-refractivity contribution in [2.75, 3.05) is 11.9 Å². The van der Waals surface area contributed by atoms with E-state index < -0.39 is 0 Å². The molecule has 0 bridgehead atoms. The standard InChI is InChI=1S/C23H22FN5OS/c1-13-10-16(4-6-18(13)24)22-14(2)20-12-28(8-9-29(20)27-22)23(30)26-17-5-7-21-19(11-17)25-15(3)31-21/h4-7,10-11H,8-9,12H2,1-3H3,(H,26,30). The number of carbonyl (C=O) groups is 1. The molecule has 6 nitrogen and oxygen atoms in total. The van der Waals surface area contributed by atoms with Crippen molar-refractivity contribution in [2.45, 2.75) is 33.9 Å². The molecule has 0 saturated heterocycles. The van der Waals surface area contributed by atoms with Gasteiger partial charge in [-0.2, -0.15) is 5.10 Å². The van der Waals surface area contributed by atoms with Crippen molar-refractivity contribution in [2.24, 2.45) is 0 Å². The van der Waals surface area contributed by atoms with Crippen LogP contribution in [0, 0.1) is 26.6 Å². The number of nitrogens with one attached hydrogen (secondary N) is 1. The largest absolute Gasteiger partial charge is 0.322 e. The quantitative estimate of drug-likeness (QED) is 0.466. The summed E-state index contributed by atoms with van der Waals surface area (Å²) in [6, 6.07) is 10.7. The average molecular weight is 436 g/mol. The molecule has 3 heterocycles. The maximum Gasteiger partial charge on any atom is 0.322 e. The van der Waals surface area contributed by atoms with Gasteiger partial charge in [0.15, 0.2) is 0 Å². The molecule has 2 aromatic heterocycles. The maximum absolute atomic E-state index is 13.7. The van der Waals surface area contributed by atoms with E-state index in [0.29, 0.717) is 25.2 Å². The summed E-state index contributed by atoms with van der Waals surface area (Å²) >= 11 is 1.64. The first-order valence-corrected chi connectivity index (χ1v) is 11.0. The Morgan fingerprint density at radius 1 is 1.13 bits per heavy atom. The first-order valence-electron chi connectivity index (χ1n) is 10.1. The van der Waals surface area contributed by atoms with Gasteiger partial charge in [0.05, 0.1) is 39.7 Å². The van der Waals surface area contributed by atoms with Crippen LogP contribution < -0.4 is 5.32 Å². The molecule has 0 fully saturated rings. The molecule has 0 atom stereocenters. The van der Waals surface area contributed by atoms with E-state index in [9.17, 15) is 9.18 Å². The van der Waals surface area contributed by atoms with E-state index in [0.717, 1.165) is 43.4 Å². The molecule has 1 aliphatic heterocycles. The van der Waals surface area contributed by atoms with Crippen molar-refractivity contribution in [3.8, 4) is 11.3 Å². The van der Waals surface area contributed by atoms with Gasteiger partial charge < -0.3 is 10.2 Å². The lowest BCUT2D eigenvalue weighted by Crippen LogP contribution is -2.41. The van der Waals surface area contributed by atoms with Crippen LogP contribution in [-0.4, -0.2) is 32.2 Å². The number of hydrogen-bond donors (Lipinski definition) is 1. The molecule has 31 heavy (non-hydrogen) atoms. The topological polar surface area (TPSA) is 63.1 Å². The Morgan fingerprint density at radius 2 is 1.97 bits per heavy atom. The van der Waals surface area contributed by atoms with Gasteiger partial charge in [0, 0.05) is 23.4 Å². The van der Waals surface area contributed by atoms with Crippen LogP contribution in [0.2, 0.25) is 0 Å². The maximum atomic E-state index is 13.7. The highest BCUT2D eigenvalue weighted by molar-refractivity contribution is 7.18. The Hall–Kier alpha value is -3.26. The van der Waals surface area contributed by atoms with Crippen molar-refractivity contribution < 1.29 is 9.18 Å². The Morgan fingerprint density at radius 3 is 2.77 bits per heavy atom. The number of carbonyl (C=O) groups excluding carboxylic acids is 1. The number of benzene rings is 2. The Kier molecular flexibility index (Phi) is 4.74. The van der Waals surface area contributed by atoms with Gasteiger partial charge in [0.25, 0.3) is 0 Å². The number of hydrogen-bond acceptors (Lipinski definition) is 4. The average Bonchev–Trinajstić information content (AvgIpc) is 3.28. The number of aromatic nitrogens is 3. The summed E-state index contributed by atoms with van der Waals surface area (Å²) in [5.74, 6) is -0.223. The number of anilines is 1. The van der Waals surface area contributed by atoms with Crippen LogP contribution in [0.4, 0.5) is 14.9 Å². The Bertz CT molecular complexity index is 1330. The number of aryl methyl sites for hydroxylation is 2. The van der Waals surface area contributed by atoms with Gasteiger partial charge in [0.2, 0.25) is 0 Å². The van der Waals surface area contributed by atoms with E-state index in [4.69, 9.17) is 5.10 Å². The smallest absolute Gasteiger partial charge is 0.317 e. The third-order valence-corrected chi connectivity index (χ3v) is 6.66. The number of halogens is 1. The Balaban J connectivity index is 1.36. The van der Waals surface area contributed by atoms with Gasteiger partial charge >= 0.3 is 6.03 Å². The monoisotopic (exact) mass is 435 g/mol. The fourth-order valence-electron chi connectivity index (χ4n) is 4.01. The van der Waals surface area contributed by atoms with Crippen molar-refractivity contribution >= 4 is 33.3 Å². The molecule has 2 aromatic carbocycles. The van der Waals surface area contributed by atoms with Crippen molar-refractivity contribution in [1.82, 2.24) is 19.7 Å². The minimum absolute atomic E-state index is 0.141. The second-order valence-corrected chi connectivity index (χ2v) is 9.11. The van der Waals surface area contributed by atoms with Crippen molar-refractivity contribution in [3.05, 3.63) is 64.0 Å². The fourth-order valence-corrected chi connectivity index (χ4v) is 4.82. The highest BCUT2D eigenvalue weighted by Gasteiger charge is 2.26. The molecule has 1 aliphatic rings. The number of nitrogens with zero attached hydrogens (tertiary/aromatic N) is 4. The van der Waals surface area contributed by atoms with Gasteiger partial charge in [-0.3, -0.25) is 4.68 Å². The normalized spacial score (nSPS) is 13.5. The summed E-state index contributed by atoms with van der Waals surface area (Å²) in [5, 5.41) is 8.74. The first kappa shape index (κ1) is 19.7. The zero-order chi connectivity index (χ0) is 21.7. The highest BCUT2D eigenvalue weighted by atomic mass is 32.1. The molecule has 8 heteroatoms. The molecule has 5 rings (SSSR count). The molecule has 0 aliphatic carbocycles. The summed E-state index contributed by atoms with van der Waals surface area (Å²) in [4.78, 5) is 19.2. The van der Waals surface area contributed by atoms with E-state index in [-0.39, 0.29) is 11.8 Å². The SMILES string of the molecule is Cc1nc2cc(NC(=O)N3CCn4nc(-c5ccc(F)c(C)c5)c(C)c4C3)ccc2s1. The van der Waals surface area contributed by atoms with E-state index in [1.165, 1.54) is 6.07 Å². The third-order valence-electron chi connectivity index (χ3n) is 5.71. The second kappa shape index (κ2) is 7.46. The summed E-state index contributed by atoms with van der Waals surface area (Å²) < 4.78 is 16.7. The van der Waals surface area contributed by atoms with E-state index in [2.05, 4.69) is 10.3 Å². The fraction of sp³-hybridized carbons (Fsp3) is 0.261. The van der Waals surface area contributed by atoms with Crippen LogP contribution in [0.25, 0.3) is 21.5 Å². The van der Waals surface area contributed by atoms with Crippen LogP contribution in [0.15, 0.2) is 36.4 Å². The lowest BCUT2D eigenvalue weighted by Gasteiger charge is -2.28. The number of urea groups is 1. The number of fused-ring (bicyclic) bond motifs is 2. The molecule has 0 unspecified atom stereocenters. The van der Waals surface area contributed by atoms with Gasteiger partial charge in [-0.15, -0.1) is 11.3 Å². The third kappa shape index (κ3) is 3.57. The van der Waals surface area contributed by atoms with E-state index in [1.54, 1.807) is 29.2 Å². The molecule has 0 spiro atoms. The van der Waals surface area contributed by atoms with Crippen LogP contribution in [0.5, 0.6) is 0 Å². The van der Waals surface area contributed by atoms with Gasteiger partial charge in [0.1, 0.15) is 5.82 Å². The molecule has 1 N–H and O–H groups in total. The minimum Gasteiger partial charge on any atom is -0.317 e. The molecule has 0 saturated carbocycles. The summed E-state index contributed by atoms with van der Waals surface area (Å²) in [6.45, 7) is 7.40. The summed E-state index contributed by atoms with van der Waals surface area (Å²) in [5.41, 5.74) is 5.97.